The molecule has 0 amide bonds. The van der Waals surface area contributed by atoms with Gasteiger partial charge in [-0.15, -0.1) is 0 Å². The largest absolute Gasteiger partial charge is 0.492 e. The molecule has 3 aromatic carbocycles. The second-order valence-electron chi connectivity index (χ2n) is 11.6. The molecule has 9 heteroatoms. The zero-order valence-electron chi connectivity index (χ0n) is 24.8. The van der Waals surface area contributed by atoms with Crippen LogP contribution in [0.25, 0.3) is 0 Å². The zero-order chi connectivity index (χ0) is 30.5. The molecular formula is C34H39F3N2O4. The van der Waals surface area contributed by atoms with Crippen molar-refractivity contribution in [2.24, 2.45) is 11.8 Å². The first-order chi connectivity index (χ1) is 20.7. The fourth-order valence-corrected chi connectivity index (χ4v) is 5.81. The lowest BCUT2D eigenvalue weighted by Crippen LogP contribution is -2.33. The molecule has 43 heavy (non-hydrogen) atoms. The summed E-state index contributed by atoms with van der Waals surface area (Å²) in [6, 6.07) is 17.4. The zero-order valence-corrected chi connectivity index (χ0v) is 24.8. The van der Waals surface area contributed by atoms with E-state index in [1.54, 1.807) is 6.92 Å². The van der Waals surface area contributed by atoms with E-state index >= 15 is 0 Å². The van der Waals surface area contributed by atoms with Gasteiger partial charge in [-0.25, -0.2) is 18.0 Å². The number of benzene rings is 3. The standard InChI is InChI=1S/C34H39F3N2O4/c1-4-41-34(40)32(43-26-11-7-23(8-12-26)21(2)3)15-22-5-9-25(10-6-22)42-14-13-38-33-27-19-39(20-28(27)33)18-24-16-30(36)31(37)17-29(24)35/h5-12,16-17,21,27-28,32-33,38H,4,13-15,18-20H2,1-3H3/t27-,28?,32-,33+/m0/s1. The maximum atomic E-state index is 14.0. The van der Waals surface area contributed by atoms with Gasteiger partial charge >= 0.3 is 5.97 Å². The van der Waals surface area contributed by atoms with Crippen molar-refractivity contribution >= 4 is 5.97 Å². The van der Waals surface area contributed by atoms with Crippen LogP contribution in [0, 0.1) is 29.3 Å². The minimum Gasteiger partial charge on any atom is -0.492 e. The van der Waals surface area contributed by atoms with Crippen LogP contribution < -0.4 is 14.8 Å². The Hall–Kier alpha value is -3.56. The third kappa shape index (κ3) is 7.89. The second kappa shape index (κ2) is 13.8. The van der Waals surface area contributed by atoms with Gasteiger partial charge in [-0.05, 0) is 66.1 Å². The quantitative estimate of drug-likeness (QED) is 0.143. The van der Waals surface area contributed by atoms with E-state index in [2.05, 4.69) is 24.1 Å². The summed E-state index contributed by atoms with van der Waals surface area (Å²) < 4.78 is 57.9. The predicted octanol–water partition coefficient (Wildman–Crippen LogP) is 5.88. The third-order valence-corrected chi connectivity index (χ3v) is 8.22. The number of hydrogen-bond donors (Lipinski definition) is 1. The monoisotopic (exact) mass is 596 g/mol. The van der Waals surface area contributed by atoms with Gasteiger partial charge in [0.1, 0.15) is 23.9 Å². The molecule has 0 aromatic heterocycles. The van der Waals surface area contributed by atoms with Gasteiger partial charge in [0.2, 0.25) is 0 Å². The number of likely N-dealkylation sites (tertiary alicyclic amines) is 1. The van der Waals surface area contributed by atoms with Crippen LogP contribution in [0.4, 0.5) is 13.2 Å². The Kier molecular flexibility index (Phi) is 9.93. The highest BCUT2D eigenvalue weighted by Gasteiger charge is 2.55. The predicted molar refractivity (Wildman–Crippen MR) is 158 cm³/mol. The van der Waals surface area contributed by atoms with Gasteiger partial charge in [-0.3, -0.25) is 4.90 Å². The molecule has 1 aliphatic heterocycles. The number of carbonyl (C=O) groups excluding carboxylic acids is 1. The summed E-state index contributed by atoms with van der Waals surface area (Å²) in [6.07, 6.45) is -0.387. The minimum absolute atomic E-state index is 0.185. The van der Waals surface area contributed by atoms with E-state index in [0.29, 0.717) is 55.2 Å². The van der Waals surface area contributed by atoms with Crippen molar-refractivity contribution in [3.05, 3.63) is 94.8 Å². The molecular weight excluding hydrogens is 557 g/mol. The highest BCUT2D eigenvalue weighted by Crippen LogP contribution is 2.45. The molecule has 3 aromatic rings. The molecule has 1 aliphatic carbocycles. The molecule has 2 aliphatic rings. The first kappa shape index (κ1) is 30.9. The van der Waals surface area contributed by atoms with Gasteiger partial charge in [0.15, 0.2) is 17.7 Å². The summed E-state index contributed by atoms with van der Waals surface area (Å²) in [5.41, 5.74) is 2.32. The molecule has 2 fully saturated rings. The van der Waals surface area contributed by atoms with Crippen molar-refractivity contribution in [1.82, 2.24) is 10.2 Å². The van der Waals surface area contributed by atoms with Crippen molar-refractivity contribution < 1.29 is 32.2 Å². The Morgan fingerprint density at radius 3 is 2.23 bits per heavy atom. The van der Waals surface area contributed by atoms with Crippen LogP contribution in [0.15, 0.2) is 60.7 Å². The van der Waals surface area contributed by atoms with E-state index < -0.39 is 29.5 Å². The van der Waals surface area contributed by atoms with Crippen molar-refractivity contribution in [3.8, 4) is 11.5 Å². The summed E-state index contributed by atoms with van der Waals surface area (Å²) in [5, 5.41) is 3.53. The number of nitrogens with zero attached hydrogens (tertiary/aromatic N) is 1. The maximum Gasteiger partial charge on any atom is 0.347 e. The Labute approximate surface area is 251 Å². The highest BCUT2D eigenvalue weighted by atomic mass is 19.2. The molecule has 0 spiro atoms. The Morgan fingerprint density at radius 1 is 0.930 bits per heavy atom. The van der Waals surface area contributed by atoms with E-state index in [4.69, 9.17) is 14.2 Å². The number of fused-ring (bicyclic) bond motifs is 1. The molecule has 1 saturated carbocycles. The van der Waals surface area contributed by atoms with Crippen LogP contribution in [-0.2, 0) is 22.5 Å². The number of halogens is 3. The molecule has 1 unspecified atom stereocenters. The maximum absolute atomic E-state index is 14.0. The van der Waals surface area contributed by atoms with Crippen molar-refractivity contribution in [3.63, 3.8) is 0 Å². The van der Waals surface area contributed by atoms with Crippen molar-refractivity contribution in [1.29, 1.82) is 0 Å². The van der Waals surface area contributed by atoms with Crippen LogP contribution in [-0.4, -0.2) is 55.9 Å². The average molecular weight is 597 g/mol. The van der Waals surface area contributed by atoms with E-state index in [1.165, 1.54) is 5.56 Å². The topological polar surface area (TPSA) is 60.0 Å². The Bertz CT molecular complexity index is 1370. The molecule has 0 bridgehead atoms. The first-order valence-corrected chi connectivity index (χ1v) is 15.0. The molecule has 1 N–H and O–H groups in total. The first-order valence-electron chi connectivity index (χ1n) is 15.0. The number of nitrogens with one attached hydrogen (secondary N) is 1. The number of carbonyl (C=O) groups is 1. The normalized spacial score (nSPS) is 20.1. The van der Waals surface area contributed by atoms with Gasteiger partial charge < -0.3 is 19.5 Å². The van der Waals surface area contributed by atoms with Gasteiger partial charge in [0, 0.05) is 50.3 Å². The number of ether oxygens (including phenoxy) is 3. The Balaban J connectivity index is 1.03. The fraction of sp³-hybridized carbons (Fsp3) is 0.441. The van der Waals surface area contributed by atoms with Crippen molar-refractivity contribution in [2.75, 3.05) is 32.8 Å². The van der Waals surface area contributed by atoms with Gasteiger partial charge in [-0.1, -0.05) is 38.1 Å². The lowest BCUT2D eigenvalue weighted by atomic mass is 10.0. The van der Waals surface area contributed by atoms with E-state index in [1.807, 2.05) is 48.5 Å². The molecule has 5 rings (SSSR count). The summed E-state index contributed by atoms with van der Waals surface area (Å²) in [5.74, 6) is -0.583. The van der Waals surface area contributed by atoms with Gasteiger partial charge in [-0.2, -0.15) is 0 Å². The van der Waals surface area contributed by atoms with E-state index in [-0.39, 0.29) is 18.7 Å². The van der Waals surface area contributed by atoms with Gasteiger partial charge in [0.05, 0.1) is 6.61 Å². The minimum atomic E-state index is -1.16. The average Bonchev–Trinajstić information content (AvgIpc) is 3.43. The summed E-state index contributed by atoms with van der Waals surface area (Å²) in [7, 11) is 0. The van der Waals surface area contributed by atoms with Crippen LogP contribution >= 0.6 is 0 Å². The second-order valence-corrected chi connectivity index (χ2v) is 11.6. The lowest BCUT2D eigenvalue weighted by molar-refractivity contribution is -0.151. The van der Waals surface area contributed by atoms with Crippen molar-refractivity contribution in [2.45, 2.75) is 51.8 Å². The molecule has 1 heterocycles. The molecule has 230 valence electrons. The smallest absolute Gasteiger partial charge is 0.347 e. The molecule has 1 saturated heterocycles. The van der Waals surface area contributed by atoms with Crippen LogP contribution in [0.1, 0.15) is 43.4 Å². The number of esters is 1. The summed E-state index contributed by atoms with van der Waals surface area (Å²) >= 11 is 0. The van der Waals surface area contributed by atoms with Gasteiger partial charge in [0.25, 0.3) is 0 Å². The van der Waals surface area contributed by atoms with Crippen LogP contribution in [0.5, 0.6) is 11.5 Å². The van der Waals surface area contributed by atoms with Crippen LogP contribution in [0.3, 0.4) is 0 Å². The third-order valence-electron chi connectivity index (χ3n) is 8.22. The molecule has 0 radical (unpaired) electrons. The molecule has 6 nitrogen and oxygen atoms in total. The lowest BCUT2D eigenvalue weighted by Gasteiger charge is -2.20. The summed E-state index contributed by atoms with van der Waals surface area (Å²) in [4.78, 5) is 14.7. The fourth-order valence-electron chi connectivity index (χ4n) is 5.81. The Morgan fingerprint density at radius 2 is 1.58 bits per heavy atom. The number of hydrogen-bond acceptors (Lipinski definition) is 6. The van der Waals surface area contributed by atoms with E-state index in [0.717, 1.165) is 30.5 Å². The molecule has 4 atom stereocenters. The summed E-state index contributed by atoms with van der Waals surface area (Å²) in [6.45, 7) is 9.37. The SMILES string of the molecule is CCOC(=O)[C@H](Cc1ccc(OCCN[C@H]2C3CN(Cc4cc(F)c(F)cc4F)C[C@@H]32)cc1)Oc1ccc(C(C)C)cc1. The van der Waals surface area contributed by atoms with E-state index in [9.17, 15) is 18.0 Å². The van der Waals surface area contributed by atoms with Crippen LogP contribution in [0.2, 0.25) is 0 Å². The highest BCUT2D eigenvalue weighted by molar-refractivity contribution is 5.75. The number of rotatable bonds is 14. The number of piperidine rings is 1.